The van der Waals surface area contributed by atoms with Crippen LogP contribution in [0.25, 0.3) is 10.6 Å². The van der Waals surface area contributed by atoms with Gasteiger partial charge in [-0.2, -0.15) is 5.10 Å². The van der Waals surface area contributed by atoms with E-state index in [1.54, 1.807) is 22.3 Å². The predicted octanol–water partition coefficient (Wildman–Crippen LogP) is 3.07. The van der Waals surface area contributed by atoms with E-state index in [9.17, 15) is 4.79 Å². The van der Waals surface area contributed by atoms with Crippen molar-refractivity contribution in [3.63, 3.8) is 0 Å². The average Bonchev–Trinajstić information content (AvgIpc) is 3.40. The number of likely N-dealkylation sites (tertiary alicyclic amines) is 1. The van der Waals surface area contributed by atoms with Crippen LogP contribution >= 0.6 is 11.3 Å². The molecule has 2 atom stereocenters. The van der Waals surface area contributed by atoms with Crippen LogP contribution in [0.4, 0.5) is 0 Å². The first kappa shape index (κ1) is 17.8. The van der Waals surface area contributed by atoms with Crippen molar-refractivity contribution >= 4 is 17.2 Å². The number of amides is 1. The van der Waals surface area contributed by atoms with Crippen molar-refractivity contribution in [1.29, 1.82) is 0 Å². The monoisotopic (exact) mass is 382 g/mol. The van der Waals surface area contributed by atoms with Crippen LogP contribution in [0.15, 0.2) is 36.2 Å². The fraction of sp³-hybridized carbons (Fsp3) is 0.421. The number of aromatic nitrogens is 5. The highest BCUT2D eigenvalue weighted by atomic mass is 32.1. The molecule has 0 saturated carbocycles. The van der Waals surface area contributed by atoms with Gasteiger partial charge in [-0.1, -0.05) is 6.07 Å². The number of aryl methyl sites for hydroxylation is 1. The molecule has 0 spiro atoms. The largest absolute Gasteiger partial charge is 0.340 e. The maximum atomic E-state index is 12.9. The third-order valence-electron chi connectivity index (χ3n) is 4.93. The van der Waals surface area contributed by atoms with E-state index in [0.717, 1.165) is 41.5 Å². The SMILES string of the molecule is Cc1cc(-c2cccs2)nc([C@H]2CCCN(C(=O)[C@@H](C)n3cncn3)C2)n1. The van der Waals surface area contributed by atoms with Crippen LogP contribution in [0.2, 0.25) is 0 Å². The van der Waals surface area contributed by atoms with Crippen LogP contribution in [0.5, 0.6) is 0 Å². The molecule has 1 fully saturated rings. The molecule has 3 aromatic rings. The van der Waals surface area contributed by atoms with E-state index < -0.39 is 0 Å². The van der Waals surface area contributed by atoms with E-state index in [2.05, 4.69) is 26.5 Å². The molecular weight excluding hydrogens is 360 g/mol. The number of hydrogen-bond acceptors (Lipinski definition) is 6. The van der Waals surface area contributed by atoms with Crippen LogP contribution in [0.1, 0.15) is 43.2 Å². The van der Waals surface area contributed by atoms with E-state index in [-0.39, 0.29) is 17.9 Å². The predicted molar refractivity (Wildman–Crippen MR) is 103 cm³/mol. The lowest BCUT2D eigenvalue weighted by Crippen LogP contribution is -2.42. The van der Waals surface area contributed by atoms with Gasteiger partial charge in [-0.25, -0.2) is 19.6 Å². The summed E-state index contributed by atoms with van der Waals surface area (Å²) in [6.07, 6.45) is 4.98. The standard InChI is InChI=1S/C19H22N6OS/c1-13-9-16(17-6-4-8-27-17)23-18(22-13)15-5-3-7-24(10-15)19(26)14(2)25-12-20-11-21-25/h4,6,8-9,11-12,14-15H,3,5,7,10H2,1-2H3/t14-,15+/m1/s1. The number of hydrogen-bond donors (Lipinski definition) is 0. The van der Waals surface area contributed by atoms with Crippen molar-refractivity contribution in [2.75, 3.05) is 13.1 Å². The van der Waals surface area contributed by atoms with Crippen LogP contribution < -0.4 is 0 Å². The van der Waals surface area contributed by atoms with Crippen LogP contribution in [-0.2, 0) is 4.79 Å². The fourth-order valence-corrected chi connectivity index (χ4v) is 4.19. The Morgan fingerprint density at radius 1 is 1.37 bits per heavy atom. The quantitative estimate of drug-likeness (QED) is 0.693. The molecule has 1 aliphatic rings. The number of carbonyl (C=O) groups excluding carboxylic acids is 1. The highest BCUT2D eigenvalue weighted by Crippen LogP contribution is 2.29. The molecule has 0 unspecified atom stereocenters. The van der Waals surface area contributed by atoms with Crippen molar-refractivity contribution in [1.82, 2.24) is 29.6 Å². The lowest BCUT2D eigenvalue weighted by molar-refractivity contribution is -0.135. The lowest BCUT2D eigenvalue weighted by atomic mass is 9.96. The van der Waals surface area contributed by atoms with E-state index in [0.29, 0.717) is 6.54 Å². The molecular formula is C19H22N6OS. The van der Waals surface area contributed by atoms with E-state index >= 15 is 0 Å². The van der Waals surface area contributed by atoms with Gasteiger partial charge in [-0.3, -0.25) is 4.79 Å². The van der Waals surface area contributed by atoms with Crippen molar-refractivity contribution in [2.45, 2.75) is 38.6 Å². The van der Waals surface area contributed by atoms with Gasteiger partial charge in [0.1, 0.15) is 24.5 Å². The molecule has 140 valence electrons. The highest BCUT2D eigenvalue weighted by molar-refractivity contribution is 7.13. The zero-order valence-corrected chi connectivity index (χ0v) is 16.3. The summed E-state index contributed by atoms with van der Waals surface area (Å²) in [5.74, 6) is 1.06. The summed E-state index contributed by atoms with van der Waals surface area (Å²) < 4.78 is 1.60. The first-order chi connectivity index (χ1) is 13.1. The smallest absolute Gasteiger partial charge is 0.247 e. The second kappa shape index (κ2) is 7.56. The number of thiophene rings is 1. The normalized spacial score (nSPS) is 18.4. The number of piperidine rings is 1. The second-order valence-electron chi connectivity index (χ2n) is 6.90. The zero-order valence-electron chi connectivity index (χ0n) is 15.4. The minimum Gasteiger partial charge on any atom is -0.340 e. The molecule has 0 N–H and O–H groups in total. The maximum Gasteiger partial charge on any atom is 0.247 e. The molecule has 8 heteroatoms. The van der Waals surface area contributed by atoms with E-state index in [4.69, 9.17) is 4.98 Å². The van der Waals surface area contributed by atoms with Gasteiger partial charge in [0.05, 0.1) is 10.6 Å². The van der Waals surface area contributed by atoms with E-state index in [1.165, 1.54) is 6.33 Å². The third-order valence-corrected chi connectivity index (χ3v) is 5.83. The van der Waals surface area contributed by atoms with Gasteiger partial charge in [0.25, 0.3) is 0 Å². The molecule has 1 amide bonds. The molecule has 0 bridgehead atoms. The first-order valence-corrected chi connectivity index (χ1v) is 10.0. The Kier molecular flexibility index (Phi) is 4.98. The third kappa shape index (κ3) is 3.75. The van der Waals surface area contributed by atoms with E-state index in [1.807, 2.05) is 30.9 Å². The van der Waals surface area contributed by atoms with Crippen LogP contribution in [-0.4, -0.2) is 48.6 Å². The minimum absolute atomic E-state index is 0.0660. The van der Waals surface area contributed by atoms with Gasteiger partial charge in [0.2, 0.25) is 5.91 Å². The average molecular weight is 382 g/mol. The van der Waals surface area contributed by atoms with Crippen molar-refractivity contribution < 1.29 is 4.79 Å². The minimum atomic E-state index is -0.355. The molecule has 0 aromatic carbocycles. The molecule has 1 aliphatic heterocycles. The summed E-state index contributed by atoms with van der Waals surface area (Å²) in [5.41, 5.74) is 1.93. The zero-order chi connectivity index (χ0) is 18.8. The van der Waals surface area contributed by atoms with Gasteiger partial charge in [0.15, 0.2) is 0 Å². The Hall–Kier alpha value is -2.61. The maximum absolute atomic E-state index is 12.9. The van der Waals surface area contributed by atoms with Gasteiger partial charge in [-0.15, -0.1) is 11.3 Å². The molecule has 4 rings (SSSR count). The Bertz CT molecular complexity index is 908. The van der Waals surface area contributed by atoms with Crippen LogP contribution in [0.3, 0.4) is 0 Å². The number of rotatable bonds is 4. The summed E-state index contributed by atoms with van der Waals surface area (Å²) in [4.78, 5) is 29.4. The Morgan fingerprint density at radius 3 is 3.00 bits per heavy atom. The number of carbonyl (C=O) groups is 1. The van der Waals surface area contributed by atoms with Crippen molar-refractivity contribution in [2.24, 2.45) is 0 Å². The molecule has 4 heterocycles. The second-order valence-corrected chi connectivity index (χ2v) is 7.85. The fourth-order valence-electron chi connectivity index (χ4n) is 3.51. The summed E-state index contributed by atoms with van der Waals surface area (Å²) in [6, 6.07) is 5.77. The van der Waals surface area contributed by atoms with Crippen molar-refractivity contribution in [3.8, 4) is 10.6 Å². The molecule has 27 heavy (non-hydrogen) atoms. The Labute approximate surface area is 162 Å². The summed E-state index contributed by atoms with van der Waals surface area (Å²) >= 11 is 1.68. The van der Waals surface area contributed by atoms with Gasteiger partial charge < -0.3 is 4.90 Å². The Balaban J connectivity index is 1.54. The summed E-state index contributed by atoms with van der Waals surface area (Å²) in [5, 5.41) is 6.15. The molecule has 3 aromatic heterocycles. The Morgan fingerprint density at radius 2 is 2.26 bits per heavy atom. The summed E-state index contributed by atoms with van der Waals surface area (Å²) in [7, 11) is 0. The van der Waals surface area contributed by atoms with Crippen molar-refractivity contribution in [3.05, 3.63) is 47.8 Å². The van der Waals surface area contributed by atoms with Gasteiger partial charge >= 0.3 is 0 Å². The highest BCUT2D eigenvalue weighted by Gasteiger charge is 2.30. The van der Waals surface area contributed by atoms with Gasteiger partial charge in [-0.05, 0) is 44.2 Å². The number of nitrogens with zero attached hydrogens (tertiary/aromatic N) is 6. The first-order valence-electron chi connectivity index (χ1n) is 9.14. The molecule has 1 saturated heterocycles. The molecule has 0 aliphatic carbocycles. The molecule has 7 nitrogen and oxygen atoms in total. The van der Waals surface area contributed by atoms with Crippen LogP contribution in [0, 0.1) is 6.92 Å². The summed E-state index contributed by atoms with van der Waals surface area (Å²) in [6.45, 7) is 5.27. The molecule has 0 radical (unpaired) electrons. The topological polar surface area (TPSA) is 76.8 Å². The lowest BCUT2D eigenvalue weighted by Gasteiger charge is -2.33. The van der Waals surface area contributed by atoms with Gasteiger partial charge in [0, 0.05) is 24.7 Å².